The van der Waals surface area contributed by atoms with Crippen molar-refractivity contribution in [2.75, 3.05) is 37.7 Å². The number of rotatable bonds is 3. The largest absolute Gasteiger partial charge is 0.370 e. The number of ether oxygens (including phenoxy) is 1. The first-order chi connectivity index (χ1) is 12.8. The molecule has 3 heterocycles. The molecule has 0 N–H and O–H groups in total. The summed E-state index contributed by atoms with van der Waals surface area (Å²) in [4.78, 5) is 25.9. The van der Waals surface area contributed by atoms with Crippen LogP contribution in [0.25, 0.3) is 0 Å². The van der Waals surface area contributed by atoms with Crippen LogP contribution in [0.3, 0.4) is 0 Å². The number of piperidine rings is 1. The van der Waals surface area contributed by atoms with Gasteiger partial charge in [-0.2, -0.15) is 0 Å². The van der Waals surface area contributed by atoms with Crippen molar-refractivity contribution in [3.63, 3.8) is 0 Å². The van der Waals surface area contributed by atoms with E-state index < -0.39 is 0 Å². The molecular formula is C20H24N4O2. The van der Waals surface area contributed by atoms with Gasteiger partial charge in [-0.15, -0.1) is 0 Å². The summed E-state index contributed by atoms with van der Waals surface area (Å²) in [5, 5.41) is 0. The average molecular weight is 352 g/mol. The fourth-order valence-electron chi connectivity index (χ4n) is 3.79. The summed E-state index contributed by atoms with van der Waals surface area (Å²) >= 11 is 0. The second kappa shape index (κ2) is 7.83. The van der Waals surface area contributed by atoms with Gasteiger partial charge in [0.15, 0.2) is 0 Å². The van der Waals surface area contributed by atoms with Gasteiger partial charge < -0.3 is 14.5 Å². The van der Waals surface area contributed by atoms with Crippen molar-refractivity contribution in [3.8, 4) is 0 Å². The minimum atomic E-state index is -0.0361. The van der Waals surface area contributed by atoms with E-state index in [0.29, 0.717) is 32.2 Å². The summed E-state index contributed by atoms with van der Waals surface area (Å²) in [7, 11) is 0. The zero-order valence-electron chi connectivity index (χ0n) is 14.8. The van der Waals surface area contributed by atoms with Crippen molar-refractivity contribution in [1.29, 1.82) is 0 Å². The highest BCUT2D eigenvalue weighted by molar-refractivity contribution is 5.80. The molecule has 0 aliphatic carbocycles. The van der Waals surface area contributed by atoms with E-state index in [4.69, 9.17) is 4.74 Å². The maximum absolute atomic E-state index is 13.1. The minimum Gasteiger partial charge on any atom is -0.370 e. The fourth-order valence-corrected chi connectivity index (χ4v) is 3.79. The van der Waals surface area contributed by atoms with Gasteiger partial charge in [-0.05, 0) is 24.5 Å². The SMILES string of the molecule is O=C([C@H]1CCCN(c2ncccn2)C1)N1CCO[C@H](c2ccccc2)C1. The van der Waals surface area contributed by atoms with Gasteiger partial charge in [-0.1, -0.05) is 30.3 Å². The first kappa shape index (κ1) is 17.0. The molecule has 4 rings (SSSR count). The van der Waals surface area contributed by atoms with Crippen LogP contribution < -0.4 is 4.90 Å². The Labute approximate surface area is 153 Å². The molecule has 6 heteroatoms. The number of carbonyl (C=O) groups excluding carboxylic acids is 1. The summed E-state index contributed by atoms with van der Waals surface area (Å²) in [5.74, 6) is 0.950. The Bertz CT molecular complexity index is 664. The lowest BCUT2D eigenvalue weighted by Crippen LogP contribution is -2.49. The predicted octanol–water partition coefficient (Wildman–Crippen LogP) is 2.29. The van der Waals surface area contributed by atoms with Crippen molar-refractivity contribution in [1.82, 2.24) is 14.9 Å². The molecule has 26 heavy (non-hydrogen) atoms. The molecule has 0 bridgehead atoms. The van der Waals surface area contributed by atoms with Crippen molar-refractivity contribution in [2.24, 2.45) is 5.92 Å². The topological polar surface area (TPSA) is 58.6 Å². The molecule has 1 amide bonds. The number of carbonyl (C=O) groups is 1. The zero-order chi connectivity index (χ0) is 17.8. The minimum absolute atomic E-state index is 0.00193. The quantitative estimate of drug-likeness (QED) is 0.848. The van der Waals surface area contributed by atoms with Crippen LogP contribution >= 0.6 is 0 Å². The van der Waals surface area contributed by atoms with E-state index >= 15 is 0 Å². The van der Waals surface area contributed by atoms with Gasteiger partial charge in [0.05, 0.1) is 19.1 Å². The van der Waals surface area contributed by atoms with Crippen LogP contribution in [-0.2, 0) is 9.53 Å². The summed E-state index contributed by atoms with van der Waals surface area (Å²) < 4.78 is 5.90. The molecule has 0 saturated carbocycles. The molecule has 2 fully saturated rings. The van der Waals surface area contributed by atoms with Crippen LogP contribution in [0.1, 0.15) is 24.5 Å². The van der Waals surface area contributed by atoms with E-state index in [9.17, 15) is 4.79 Å². The maximum Gasteiger partial charge on any atom is 0.227 e. The van der Waals surface area contributed by atoms with Crippen LogP contribution in [-0.4, -0.2) is 53.6 Å². The smallest absolute Gasteiger partial charge is 0.227 e. The lowest BCUT2D eigenvalue weighted by molar-refractivity contribution is -0.143. The van der Waals surface area contributed by atoms with E-state index in [2.05, 4.69) is 27.0 Å². The Kier molecular flexibility index (Phi) is 5.11. The van der Waals surface area contributed by atoms with Gasteiger partial charge in [0.1, 0.15) is 6.10 Å². The van der Waals surface area contributed by atoms with Gasteiger partial charge in [-0.25, -0.2) is 9.97 Å². The molecule has 1 aromatic heterocycles. The lowest BCUT2D eigenvalue weighted by Gasteiger charge is -2.38. The number of hydrogen-bond acceptors (Lipinski definition) is 5. The fraction of sp³-hybridized carbons (Fsp3) is 0.450. The van der Waals surface area contributed by atoms with Crippen LogP contribution in [0, 0.1) is 5.92 Å². The van der Waals surface area contributed by atoms with Crippen LogP contribution in [0.15, 0.2) is 48.8 Å². The molecule has 2 aromatic rings. The van der Waals surface area contributed by atoms with Gasteiger partial charge in [-0.3, -0.25) is 4.79 Å². The Morgan fingerprint density at radius 3 is 2.65 bits per heavy atom. The summed E-state index contributed by atoms with van der Waals surface area (Å²) in [6, 6.07) is 12.0. The number of amides is 1. The highest BCUT2D eigenvalue weighted by Crippen LogP contribution is 2.26. The Morgan fingerprint density at radius 2 is 1.85 bits per heavy atom. The molecule has 2 saturated heterocycles. The van der Waals surface area contributed by atoms with Gasteiger partial charge in [0, 0.05) is 32.0 Å². The van der Waals surface area contributed by atoms with E-state index in [1.54, 1.807) is 12.4 Å². The highest BCUT2D eigenvalue weighted by Gasteiger charge is 2.33. The van der Waals surface area contributed by atoms with E-state index in [-0.39, 0.29) is 17.9 Å². The van der Waals surface area contributed by atoms with Gasteiger partial charge in [0.25, 0.3) is 0 Å². The monoisotopic (exact) mass is 352 g/mol. The molecule has 1 aromatic carbocycles. The molecule has 2 aliphatic rings. The zero-order valence-corrected chi connectivity index (χ0v) is 14.8. The van der Waals surface area contributed by atoms with E-state index in [1.165, 1.54) is 0 Å². The van der Waals surface area contributed by atoms with Crippen molar-refractivity contribution in [2.45, 2.75) is 18.9 Å². The third-order valence-corrected chi connectivity index (χ3v) is 5.16. The first-order valence-electron chi connectivity index (χ1n) is 9.28. The Hall–Kier alpha value is -2.47. The second-order valence-corrected chi connectivity index (χ2v) is 6.89. The standard InChI is InChI=1S/C20H24N4O2/c25-19(17-8-4-11-24(14-17)20-21-9-5-10-22-20)23-12-13-26-18(15-23)16-6-2-1-3-7-16/h1-3,5-7,9-10,17-18H,4,8,11-15H2/t17-,18-/m0/s1. The molecule has 2 atom stereocenters. The van der Waals surface area contributed by atoms with Crippen molar-refractivity contribution >= 4 is 11.9 Å². The van der Waals surface area contributed by atoms with E-state index in [0.717, 1.165) is 24.9 Å². The first-order valence-corrected chi connectivity index (χ1v) is 9.28. The number of benzene rings is 1. The molecule has 0 spiro atoms. The number of hydrogen-bond donors (Lipinski definition) is 0. The molecule has 2 aliphatic heterocycles. The lowest BCUT2D eigenvalue weighted by atomic mass is 9.96. The average Bonchev–Trinajstić information content (AvgIpc) is 2.75. The van der Waals surface area contributed by atoms with Crippen LogP contribution in [0.4, 0.5) is 5.95 Å². The predicted molar refractivity (Wildman–Crippen MR) is 98.7 cm³/mol. The highest BCUT2D eigenvalue weighted by atomic mass is 16.5. The van der Waals surface area contributed by atoms with Crippen molar-refractivity contribution < 1.29 is 9.53 Å². The molecule has 0 radical (unpaired) electrons. The number of anilines is 1. The van der Waals surface area contributed by atoms with E-state index in [1.807, 2.05) is 29.2 Å². The molecule has 6 nitrogen and oxygen atoms in total. The van der Waals surface area contributed by atoms with Crippen molar-refractivity contribution in [3.05, 3.63) is 54.4 Å². The Morgan fingerprint density at radius 1 is 1.04 bits per heavy atom. The number of aromatic nitrogens is 2. The third-order valence-electron chi connectivity index (χ3n) is 5.16. The van der Waals surface area contributed by atoms with Crippen LogP contribution in [0.5, 0.6) is 0 Å². The summed E-state index contributed by atoms with van der Waals surface area (Å²) in [6.07, 6.45) is 5.38. The summed E-state index contributed by atoms with van der Waals surface area (Å²) in [5.41, 5.74) is 1.13. The molecule has 136 valence electrons. The second-order valence-electron chi connectivity index (χ2n) is 6.89. The summed E-state index contributed by atoms with van der Waals surface area (Å²) in [6.45, 7) is 3.48. The number of morpholine rings is 1. The maximum atomic E-state index is 13.1. The molecule has 0 unspecified atom stereocenters. The van der Waals surface area contributed by atoms with Gasteiger partial charge >= 0.3 is 0 Å². The number of nitrogens with zero attached hydrogens (tertiary/aromatic N) is 4. The van der Waals surface area contributed by atoms with Gasteiger partial charge in [0.2, 0.25) is 11.9 Å². The third kappa shape index (κ3) is 3.70. The normalized spacial score (nSPS) is 23.7. The van der Waals surface area contributed by atoms with Crippen LogP contribution in [0.2, 0.25) is 0 Å². The molecular weight excluding hydrogens is 328 g/mol. The Balaban J connectivity index is 1.42.